The van der Waals surface area contributed by atoms with Crippen LogP contribution < -0.4 is 4.74 Å². The minimum atomic E-state index is -0.255. The van der Waals surface area contributed by atoms with Crippen molar-refractivity contribution >= 4 is 5.97 Å². The number of hydrogen-bond donors (Lipinski definition) is 1. The van der Waals surface area contributed by atoms with Crippen molar-refractivity contribution in [2.24, 2.45) is 47.3 Å². The van der Waals surface area contributed by atoms with Crippen molar-refractivity contribution in [3.63, 3.8) is 0 Å². The molecule has 4 saturated carbocycles. The molecular weight excluding hydrogens is 444 g/mol. The van der Waals surface area contributed by atoms with Crippen molar-refractivity contribution in [3.8, 4) is 11.5 Å². The summed E-state index contributed by atoms with van der Waals surface area (Å²) in [6.07, 6.45) is 5.52. The van der Waals surface area contributed by atoms with Crippen molar-refractivity contribution in [3.05, 3.63) is 59.7 Å². The SMILES string of the molecule is C.CC(=O)Oc1ccc(C2CC3CC2C(C)C3C)cc1.CC1C2CC(c3ccc(O)cc3)C(C2)C1C. The molecule has 0 spiro atoms. The summed E-state index contributed by atoms with van der Waals surface area (Å²) >= 11 is 0. The Morgan fingerprint density at radius 3 is 1.47 bits per heavy atom. The molecule has 0 saturated heterocycles. The van der Waals surface area contributed by atoms with E-state index in [-0.39, 0.29) is 13.4 Å². The van der Waals surface area contributed by atoms with Crippen LogP contribution in [0.4, 0.5) is 0 Å². The lowest BCUT2D eigenvalue weighted by molar-refractivity contribution is -0.131. The van der Waals surface area contributed by atoms with E-state index < -0.39 is 0 Å². The van der Waals surface area contributed by atoms with Gasteiger partial charge in [0, 0.05) is 6.92 Å². The molecule has 4 bridgehead atoms. The molecule has 1 N–H and O–H groups in total. The predicted molar refractivity (Wildman–Crippen MR) is 147 cm³/mol. The third-order valence-corrected chi connectivity index (χ3v) is 10.7. The normalized spacial score (nSPS) is 37.7. The molecule has 3 heteroatoms. The van der Waals surface area contributed by atoms with E-state index in [4.69, 9.17) is 4.74 Å². The number of ether oxygens (including phenoxy) is 1. The highest BCUT2D eigenvalue weighted by atomic mass is 16.5. The Labute approximate surface area is 218 Å². The summed E-state index contributed by atoms with van der Waals surface area (Å²) in [5.41, 5.74) is 2.85. The minimum Gasteiger partial charge on any atom is -0.508 e. The van der Waals surface area contributed by atoms with Crippen LogP contribution in [0.25, 0.3) is 0 Å². The van der Waals surface area contributed by atoms with Gasteiger partial charge >= 0.3 is 5.97 Å². The standard InChI is InChI=1S/C17H22O2.C15H20O.CH4/c1-10-11(2)16-8-14(10)9-17(16)13-4-6-15(7-5-13)19-12(3)18;1-9-10(2)14-7-12(9)8-15(14)11-3-5-13(16)6-4-11;/h4-7,10-11,14,16-17H,8-9H2,1-3H3;3-6,9-10,12,14-16H,7-8H2,1-2H3;1H4. The maximum atomic E-state index is 10.9. The Balaban J connectivity index is 0.000000167. The molecule has 2 aromatic carbocycles. The zero-order chi connectivity index (χ0) is 24.9. The maximum Gasteiger partial charge on any atom is 0.308 e. The molecular formula is C33H46O3. The molecule has 6 rings (SSSR count). The molecule has 4 fully saturated rings. The molecule has 10 unspecified atom stereocenters. The lowest BCUT2D eigenvalue weighted by atomic mass is 9.73. The number of phenols is 1. The quantitative estimate of drug-likeness (QED) is 0.347. The van der Waals surface area contributed by atoms with Crippen molar-refractivity contribution in [1.29, 1.82) is 0 Å². The van der Waals surface area contributed by atoms with E-state index in [2.05, 4.69) is 52.0 Å². The third kappa shape index (κ3) is 4.95. The van der Waals surface area contributed by atoms with Gasteiger partial charge in [0.2, 0.25) is 0 Å². The summed E-state index contributed by atoms with van der Waals surface area (Å²) in [7, 11) is 0. The van der Waals surface area contributed by atoms with Crippen LogP contribution >= 0.6 is 0 Å². The predicted octanol–water partition coefficient (Wildman–Crippen LogP) is 8.43. The fourth-order valence-corrected chi connectivity index (χ4v) is 8.32. The summed E-state index contributed by atoms with van der Waals surface area (Å²) in [5, 5.41) is 9.33. The second-order valence-electron chi connectivity index (χ2n) is 12.2. The number of benzene rings is 2. The number of carbonyl (C=O) groups is 1. The van der Waals surface area contributed by atoms with Gasteiger partial charge in [0.1, 0.15) is 11.5 Å². The summed E-state index contributed by atoms with van der Waals surface area (Å²) < 4.78 is 5.09. The van der Waals surface area contributed by atoms with Crippen LogP contribution in [0.15, 0.2) is 48.5 Å². The number of phenolic OH excluding ortho intramolecular Hbond substituents is 1. The van der Waals surface area contributed by atoms with E-state index in [9.17, 15) is 9.90 Å². The Hall–Kier alpha value is -2.29. The Kier molecular flexibility index (Phi) is 7.88. The topological polar surface area (TPSA) is 46.5 Å². The van der Waals surface area contributed by atoms with Crippen LogP contribution in [0.2, 0.25) is 0 Å². The maximum absolute atomic E-state index is 10.9. The second kappa shape index (κ2) is 10.6. The summed E-state index contributed by atoms with van der Waals surface area (Å²) in [5.74, 6) is 9.35. The number of carbonyl (C=O) groups excluding carboxylic acids is 1. The fraction of sp³-hybridized carbons (Fsp3) is 0.606. The number of aromatic hydroxyl groups is 1. The molecule has 0 amide bonds. The molecule has 4 aliphatic carbocycles. The van der Waals surface area contributed by atoms with E-state index in [1.807, 2.05) is 24.3 Å². The van der Waals surface area contributed by atoms with Gasteiger partial charge in [-0.25, -0.2) is 0 Å². The zero-order valence-corrected chi connectivity index (χ0v) is 22.0. The molecule has 3 nitrogen and oxygen atoms in total. The van der Waals surface area contributed by atoms with Crippen LogP contribution in [0.5, 0.6) is 11.5 Å². The first-order chi connectivity index (χ1) is 16.7. The monoisotopic (exact) mass is 490 g/mol. The summed E-state index contributed by atoms with van der Waals surface area (Å²) in [6, 6.07) is 16.0. The van der Waals surface area contributed by atoms with Crippen LogP contribution in [0, 0.1) is 47.3 Å². The van der Waals surface area contributed by atoms with E-state index in [0.717, 1.165) is 53.3 Å². The van der Waals surface area contributed by atoms with E-state index in [1.54, 1.807) is 0 Å². The Morgan fingerprint density at radius 1 is 0.694 bits per heavy atom. The van der Waals surface area contributed by atoms with Gasteiger partial charge in [-0.3, -0.25) is 4.79 Å². The lowest BCUT2D eigenvalue weighted by Gasteiger charge is -2.32. The molecule has 4 aliphatic rings. The van der Waals surface area contributed by atoms with E-state index in [1.165, 1.54) is 43.7 Å². The van der Waals surface area contributed by atoms with E-state index in [0.29, 0.717) is 17.4 Å². The molecule has 0 heterocycles. The Morgan fingerprint density at radius 2 is 1.11 bits per heavy atom. The van der Waals surface area contributed by atoms with Crippen molar-refractivity contribution in [2.75, 3.05) is 0 Å². The van der Waals surface area contributed by atoms with Gasteiger partial charge in [-0.05, 0) is 120 Å². The highest BCUT2D eigenvalue weighted by Crippen LogP contribution is 2.59. The number of esters is 1. The van der Waals surface area contributed by atoms with Gasteiger partial charge in [-0.1, -0.05) is 59.4 Å². The van der Waals surface area contributed by atoms with Gasteiger partial charge in [0.05, 0.1) is 0 Å². The third-order valence-electron chi connectivity index (χ3n) is 10.7. The van der Waals surface area contributed by atoms with Gasteiger partial charge in [-0.15, -0.1) is 0 Å². The summed E-state index contributed by atoms with van der Waals surface area (Å²) in [4.78, 5) is 10.9. The first-order valence-electron chi connectivity index (χ1n) is 13.8. The number of hydrogen-bond acceptors (Lipinski definition) is 3. The average molecular weight is 491 g/mol. The second-order valence-corrected chi connectivity index (χ2v) is 12.2. The van der Waals surface area contributed by atoms with Crippen LogP contribution in [-0.4, -0.2) is 11.1 Å². The van der Waals surface area contributed by atoms with Gasteiger partial charge in [0.15, 0.2) is 0 Å². The van der Waals surface area contributed by atoms with Crippen molar-refractivity contribution in [2.45, 2.75) is 79.6 Å². The first kappa shape index (κ1) is 26.8. The largest absolute Gasteiger partial charge is 0.508 e. The number of fused-ring (bicyclic) bond motifs is 4. The van der Waals surface area contributed by atoms with Gasteiger partial charge < -0.3 is 9.84 Å². The molecule has 0 radical (unpaired) electrons. The molecule has 0 aliphatic heterocycles. The molecule has 36 heavy (non-hydrogen) atoms. The van der Waals surface area contributed by atoms with E-state index >= 15 is 0 Å². The van der Waals surface area contributed by atoms with Crippen LogP contribution in [0.3, 0.4) is 0 Å². The molecule has 0 aromatic heterocycles. The summed E-state index contributed by atoms with van der Waals surface area (Å²) in [6.45, 7) is 11.1. The molecule has 196 valence electrons. The highest BCUT2D eigenvalue weighted by Gasteiger charge is 2.49. The van der Waals surface area contributed by atoms with Crippen LogP contribution in [-0.2, 0) is 4.79 Å². The average Bonchev–Trinajstić information content (AvgIpc) is 3.59. The zero-order valence-electron chi connectivity index (χ0n) is 22.0. The Bertz CT molecular complexity index is 1020. The van der Waals surface area contributed by atoms with Crippen molar-refractivity contribution in [1.82, 2.24) is 0 Å². The molecule has 10 atom stereocenters. The van der Waals surface area contributed by atoms with Gasteiger partial charge in [0.25, 0.3) is 0 Å². The molecule has 2 aromatic rings. The minimum absolute atomic E-state index is 0. The van der Waals surface area contributed by atoms with Gasteiger partial charge in [-0.2, -0.15) is 0 Å². The highest BCUT2D eigenvalue weighted by molar-refractivity contribution is 5.69. The van der Waals surface area contributed by atoms with Crippen molar-refractivity contribution < 1.29 is 14.6 Å². The lowest BCUT2D eigenvalue weighted by Crippen LogP contribution is -2.23. The smallest absolute Gasteiger partial charge is 0.308 e. The number of rotatable bonds is 3. The van der Waals surface area contributed by atoms with Crippen LogP contribution in [0.1, 0.15) is 90.7 Å². The fourth-order valence-electron chi connectivity index (χ4n) is 8.32. The first-order valence-corrected chi connectivity index (χ1v) is 13.8.